The van der Waals surface area contributed by atoms with Crippen LogP contribution in [0.4, 0.5) is 0 Å². The second-order valence-electron chi connectivity index (χ2n) is 4.47. The summed E-state index contributed by atoms with van der Waals surface area (Å²) in [6.45, 7) is 4.28. The third-order valence-corrected chi connectivity index (χ3v) is 2.57. The number of rotatable bonds is 5. The van der Waals surface area contributed by atoms with E-state index in [2.05, 4.69) is 0 Å². The molecule has 0 bridgehead atoms. The van der Waals surface area contributed by atoms with Gasteiger partial charge in [0, 0.05) is 5.02 Å². The van der Waals surface area contributed by atoms with Crippen molar-refractivity contribution in [2.45, 2.75) is 32.9 Å². The number of esters is 1. The van der Waals surface area contributed by atoms with E-state index in [1.165, 1.54) is 0 Å². The molecule has 4 heteroatoms. The second-order valence-corrected chi connectivity index (χ2v) is 4.91. The predicted octanol–water partition coefficient (Wildman–Crippen LogP) is 2.76. The van der Waals surface area contributed by atoms with Crippen LogP contribution in [0.2, 0.25) is 5.02 Å². The van der Waals surface area contributed by atoms with Crippen LogP contribution in [0.3, 0.4) is 0 Å². The topological polar surface area (TPSA) is 52.3 Å². The Kier molecular flexibility index (Phi) is 5.45. The van der Waals surface area contributed by atoms with Crippen LogP contribution in [0.1, 0.15) is 25.8 Å². The molecule has 2 N–H and O–H groups in total. The SMILES string of the molecule is CC(C)C[C@H](N)C(=O)OCc1ccc(Cl)cc1. The molecule has 0 heterocycles. The van der Waals surface area contributed by atoms with Gasteiger partial charge in [0.1, 0.15) is 12.6 Å². The highest BCUT2D eigenvalue weighted by atomic mass is 35.5. The molecule has 1 rings (SSSR count). The minimum absolute atomic E-state index is 0.238. The van der Waals surface area contributed by atoms with Gasteiger partial charge in [-0.2, -0.15) is 0 Å². The second kappa shape index (κ2) is 6.62. The lowest BCUT2D eigenvalue weighted by atomic mass is 10.1. The molecule has 0 spiro atoms. The van der Waals surface area contributed by atoms with E-state index < -0.39 is 6.04 Å². The molecule has 0 aliphatic heterocycles. The van der Waals surface area contributed by atoms with E-state index in [0.29, 0.717) is 17.4 Å². The van der Waals surface area contributed by atoms with Gasteiger partial charge in [-0.25, -0.2) is 0 Å². The molecule has 94 valence electrons. The van der Waals surface area contributed by atoms with Crippen molar-refractivity contribution in [3.63, 3.8) is 0 Å². The first-order valence-corrected chi connectivity index (χ1v) is 6.03. The van der Waals surface area contributed by atoms with Gasteiger partial charge in [-0.1, -0.05) is 37.6 Å². The third kappa shape index (κ3) is 5.20. The van der Waals surface area contributed by atoms with E-state index >= 15 is 0 Å². The van der Waals surface area contributed by atoms with Crippen molar-refractivity contribution in [2.24, 2.45) is 11.7 Å². The van der Waals surface area contributed by atoms with Crippen molar-refractivity contribution < 1.29 is 9.53 Å². The molecule has 0 aliphatic rings. The van der Waals surface area contributed by atoms with Gasteiger partial charge in [-0.05, 0) is 30.0 Å². The monoisotopic (exact) mass is 255 g/mol. The first-order chi connectivity index (χ1) is 7.99. The Morgan fingerprint density at radius 2 is 1.94 bits per heavy atom. The minimum Gasteiger partial charge on any atom is -0.460 e. The molecule has 0 unspecified atom stereocenters. The molecule has 0 fully saturated rings. The van der Waals surface area contributed by atoms with Crippen LogP contribution in [0.15, 0.2) is 24.3 Å². The third-order valence-electron chi connectivity index (χ3n) is 2.32. The number of ether oxygens (including phenoxy) is 1. The van der Waals surface area contributed by atoms with Crippen molar-refractivity contribution in [1.82, 2.24) is 0 Å². The van der Waals surface area contributed by atoms with Crippen LogP contribution >= 0.6 is 11.6 Å². The van der Waals surface area contributed by atoms with Gasteiger partial charge in [-0.15, -0.1) is 0 Å². The van der Waals surface area contributed by atoms with Gasteiger partial charge < -0.3 is 10.5 Å². The smallest absolute Gasteiger partial charge is 0.323 e. The van der Waals surface area contributed by atoms with Crippen molar-refractivity contribution in [3.8, 4) is 0 Å². The van der Waals surface area contributed by atoms with E-state index in [1.807, 2.05) is 26.0 Å². The zero-order valence-corrected chi connectivity index (χ0v) is 10.9. The van der Waals surface area contributed by atoms with E-state index in [9.17, 15) is 4.79 Å². The zero-order valence-electron chi connectivity index (χ0n) is 10.2. The van der Waals surface area contributed by atoms with Crippen LogP contribution in [0.25, 0.3) is 0 Å². The number of benzene rings is 1. The highest BCUT2D eigenvalue weighted by Crippen LogP contribution is 2.11. The number of nitrogens with two attached hydrogens (primary N) is 1. The average molecular weight is 256 g/mol. The largest absolute Gasteiger partial charge is 0.460 e. The molecule has 3 nitrogen and oxygen atoms in total. The van der Waals surface area contributed by atoms with Crippen LogP contribution in [0, 0.1) is 5.92 Å². The Labute approximate surface area is 107 Å². The van der Waals surface area contributed by atoms with Crippen molar-refractivity contribution in [1.29, 1.82) is 0 Å². The molecule has 17 heavy (non-hydrogen) atoms. The Morgan fingerprint density at radius 3 is 2.47 bits per heavy atom. The molecule has 0 radical (unpaired) electrons. The molecule has 1 aromatic carbocycles. The molecule has 0 aliphatic carbocycles. The summed E-state index contributed by atoms with van der Waals surface area (Å²) >= 11 is 5.75. The number of hydrogen-bond donors (Lipinski definition) is 1. The lowest BCUT2D eigenvalue weighted by Crippen LogP contribution is -2.33. The number of hydrogen-bond acceptors (Lipinski definition) is 3. The van der Waals surface area contributed by atoms with Crippen molar-refractivity contribution >= 4 is 17.6 Å². The summed E-state index contributed by atoms with van der Waals surface area (Å²) in [6, 6.07) is 6.63. The Balaban J connectivity index is 2.40. The number of carbonyl (C=O) groups is 1. The standard InChI is InChI=1S/C13H18ClNO2/c1-9(2)7-12(15)13(16)17-8-10-3-5-11(14)6-4-10/h3-6,9,12H,7-8,15H2,1-2H3/t12-/m0/s1. The lowest BCUT2D eigenvalue weighted by Gasteiger charge is -2.13. The highest BCUT2D eigenvalue weighted by Gasteiger charge is 2.16. The molecule has 0 amide bonds. The van der Waals surface area contributed by atoms with Gasteiger partial charge in [0.15, 0.2) is 0 Å². The van der Waals surface area contributed by atoms with Crippen molar-refractivity contribution in [2.75, 3.05) is 0 Å². The van der Waals surface area contributed by atoms with Gasteiger partial charge >= 0.3 is 5.97 Å². The Morgan fingerprint density at radius 1 is 1.35 bits per heavy atom. The molecule has 1 atom stereocenters. The first kappa shape index (κ1) is 14.0. The van der Waals surface area contributed by atoms with E-state index in [-0.39, 0.29) is 12.6 Å². The van der Waals surface area contributed by atoms with Crippen LogP contribution < -0.4 is 5.73 Å². The summed E-state index contributed by atoms with van der Waals surface area (Å²) in [6.07, 6.45) is 0.638. The Bertz CT molecular complexity index is 362. The van der Waals surface area contributed by atoms with E-state index in [4.69, 9.17) is 22.1 Å². The van der Waals surface area contributed by atoms with Crippen LogP contribution in [-0.4, -0.2) is 12.0 Å². The summed E-state index contributed by atoms with van der Waals surface area (Å²) in [5, 5.41) is 0.664. The van der Waals surface area contributed by atoms with Gasteiger partial charge in [0.2, 0.25) is 0 Å². The molecule has 0 saturated carbocycles. The quantitative estimate of drug-likeness (QED) is 0.823. The van der Waals surface area contributed by atoms with Gasteiger partial charge in [0.05, 0.1) is 0 Å². The predicted molar refractivity (Wildman–Crippen MR) is 68.7 cm³/mol. The maximum absolute atomic E-state index is 11.5. The normalized spacial score (nSPS) is 12.5. The van der Waals surface area contributed by atoms with Crippen molar-refractivity contribution in [3.05, 3.63) is 34.9 Å². The average Bonchev–Trinajstić information content (AvgIpc) is 2.27. The first-order valence-electron chi connectivity index (χ1n) is 5.65. The van der Waals surface area contributed by atoms with Crippen LogP contribution in [0.5, 0.6) is 0 Å². The van der Waals surface area contributed by atoms with E-state index in [0.717, 1.165) is 5.56 Å². The highest BCUT2D eigenvalue weighted by molar-refractivity contribution is 6.30. The summed E-state index contributed by atoms with van der Waals surface area (Å²) < 4.78 is 5.12. The number of halogens is 1. The maximum Gasteiger partial charge on any atom is 0.323 e. The molecular formula is C13H18ClNO2. The minimum atomic E-state index is -0.540. The van der Waals surface area contributed by atoms with Gasteiger partial charge in [-0.3, -0.25) is 4.79 Å². The summed E-state index contributed by atoms with van der Waals surface area (Å²) in [5.41, 5.74) is 6.61. The number of carbonyl (C=O) groups excluding carboxylic acids is 1. The fourth-order valence-electron chi connectivity index (χ4n) is 1.45. The van der Waals surface area contributed by atoms with Crippen LogP contribution in [-0.2, 0) is 16.1 Å². The fraction of sp³-hybridized carbons (Fsp3) is 0.462. The molecular weight excluding hydrogens is 238 g/mol. The van der Waals surface area contributed by atoms with Gasteiger partial charge in [0.25, 0.3) is 0 Å². The molecule has 1 aromatic rings. The Hall–Kier alpha value is -1.06. The summed E-state index contributed by atoms with van der Waals surface area (Å²) in [4.78, 5) is 11.5. The fourth-order valence-corrected chi connectivity index (χ4v) is 1.57. The molecule has 0 aromatic heterocycles. The zero-order chi connectivity index (χ0) is 12.8. The lowest BCUT2D eigenvalue weighted by molar-refractivity contribution is -0.146. The maximum atomic E-state index is 11.5. The van der Waals surface area contributed by atoms with E-state index in [1.54, 1.807) is 12.1 Å². The summed E-state index contributed by atoms with van der Waals surface area (Å²) in [7, 11) is 0. The summed E-state index contributed by atoms with van der Waals surface area (Å²) in [5.74, 6) is 0.0294. The molecule has 0 saturated heterocycles.